The number of hydrogen-bond acceptors (Lipinski definition) is 7. The predicted molar refractivity (Wildman–Crippen MR) is 155 cm³/mol. The van der Waals surface area contributed by atoms with Gasteiger partial charge in [0.05, 0.1) is 18.8 Å². The quantitative estimate of drug-likeness (QED) is 0.243. The summed E-state index contributed by atoms with van der Waals surface area (Å²) in [5, 5.41) is 2.06. The van der Waals surface area contributed by atoms with Crippen molar-refractivity contribution in [3.63, 3.8) is 0 Å². The summed E-state index contributed by atoms with van der Waals surface area (Å²) in [5.41, 5.74) is 2.76. The lowest BCUT2D eigenvalue weighted by atomic mass is 10.00. The highest BCUT2D eigenvalue weighted by molar-refractivity contribution is 7.10. The van der Waals surface area contributed by atoms with Gasteiger partial charge in [-0.3, -0.25) is 9.59 Å². The van der Waals surface area contributed by atoms with Crippen LogP contribution < -0.4 is 14.2 Å². The van der Waals surface area contributed by atoms with Gasteiger partial charge in [0.1, 0.15) is 24.7 Å². The number of furan rings is 1. The summed E-state index contributed by atoms with van der Waals surface area (Å²) >= 11 is 1.71. The summed E-state index contributed by atoms with van der Waals surface area (Å²) < 4.78 is 22.6. The summed E-state index contributed by atoms with van der Waals surface area (Å²) in [5.74, 6) is 2.47. The Labute approximate surface area is 243 Å². The van der Waals surface area contributed by atoms with E-state index in [9.17, 15) is 9.59 Å². The molecule has 2 amide bonds. The van der Waals surface area contributed by atoms with Gasteiger partial charge in [0.15, 0.2) is 11.5 Å². The van der Waals surface area contributed by atoms with Crippen LogP contribution >= 0.6 is 11.3 Å². The monoisotopic (exact) mass is 572 g/mol. The van der Waals surface area contributed by atoms with Crippen LogP contribution in [0.3, 0.4) is 0 Å². The Morgan fingerprint density at radius 1 is 1.07 bits per heavy atom. The Kier molecular flexibility index (Phi) is 7.69. The first-order chi connectivity index (χ1) is 20.0. The number of carbonyl (C=O) groups is 2. The minimum Gasteiger partial charge on any atom is -0.491 e. The van der Waals surface area contributed by atoms with Crippen molar-refractivity contribution in [2.75, 3.05) is 26.5 Å². The summed E-state index contributed by atoms with van der Waals surface area (Å²) in [6.45, 7) is 5.37. The molecule has 4 aromatic rings. The van der Waals surface area contributed by atoms with Crippen molar-refractivity contribution in [2.24, 2.45) is 0 Å². The molecule has 0 bridgehead atoms. The van der Waals surface area contributed by atoms with Crippen molar-refractivity contribution in [3.05, 3.63) is 99.6 Å². The van der Waals surface area contributed by atoms with Gasteiger partial charge in [0, 0.05) is 17.0 Å². The van der Waals surface area contributed by atoms with E-state index in [1.54, 1.807) is 47.9 Å². The van der Waals surface area contributed by atoms with E-state index in [4.69, 9.17) is 18.6 Å². The van der Waals surface area contributed by atoms with Crippen LogP contribution in [0.15, 0.2) is 76.7 Å². The number of thiophene rings is 1. The highest BCUT2D eigenvalue weighted by atomic mass is 32.1. The maximum Gasteiger partial charge on any atom is 0.254 e. The molecule has 9 heteroatoms. The molecule has 2 aromatic carbocycles. The molecule has 8 nitrogen and oxygen atoms in total. The Hall–Kier alpha value is -4.24. The first kappa shape index (κ1) is 27.0. The molecule has 0 radical (unpaired) electrons. The molecule has 0 N–H and O–H groups in total. The molecule has 212 valence electrons. The Bertz CT molecular complexity index is 1510. The molecular formula is C32H32N2O6S. The van der Waals surface area contributed by atoms with Crippen LogP contribution in [0.25, 0.3) is 0 Å². The molecular weight excluding hydrogens is 540 g/mol. The summed E-state index contributed by atoms with van der Waals surface area (Å²) in [4.78, 5) is 32.3. The molecule has 2 aliphatic heterocycles. The van der Waals surface area contributed by atoms with Crippen molar-refractivity contribution in [1.82, 2.24) is 9.80 Å². The number of carbonyl (C=O) groups excluding carboxylic acids is 2. The van der Waals surface area contributed by atoms with Gasteiger partial charge >= 0.3 is 0 Å². The van der Waals surface area contributed by atoms with Crippen LogP contribution in [0.2, 0.25) is 0 Å². The van der Waals surface area contributed by atoms with Crippen molar-refractivity contribution in [1.29, 1.82) is 0 Å². The number of ether oxygens (including phenoxy) is 3. The number of fused-ring (bicyclic) bond motifs is 2. The standard InChI is InChI=1S/C32H32N2O6S/c1-21(2)22-5-8-24(9-6-22)38-19-27-26-12-15-41-30(26)11-13-34(27)31(35)18-33(17-25-4-3-14-37-25)32(36)23-7-10-28-29(16-23)40-20-39-28/h3-10,12,14-16,21,27H,11,13,17-20H2,1-2H3/t27-/m0/s1. The molecule has 6 rings (SSSR count). The lowest BCUT2D eigenvalue weighted by Crippen LogP contribution is -2.47. The maximum absolute atomic E-state index is 13.9. The maximum atomic E-state index is 13.9. The van der Waals surface area contributed by atoms with Crippen LogP contribution in [0.5, 0.6) is 17.2 Å². The van der Waals surface area contributed by atoms with Gasteiger partial charge in [-0.05, 0) is 77.4 Å². The number of amides is 2. The van der Waals surface area contributed by atoms with E-state index in [1.807, 2.05) is 17.0 Å². The zero-order chi connectivity index (χ0) is 28.3. The lowest BCUT2D eigenvalue weighted by Gasteiger charge is -2.37. The number of nitrogens with zero attached hydrogens (tertiary/aromatic N) is 2. The minimum atomic E-state index is -0.292. The molecule has 1 atom stereocenters. The van der Waals surface area contributed by atoms with E-state index >= 15 is 0 Å². The van der Waals surface area contributed by atoms with Gasteiger partial charge < -0.3 is 28.4 Å². The molecule has 4 heterocycles. The second-order valence-electron chi connectivity index (χ2n) is 10.5. The Morgan fingerprint density at radius 2 is 1.90 bits per heavy atom. The molecule has 0 fully saturated rings. The number of rotatable bonds is 9. The third-order valence-electron chi connectivity index (χ3n) is 7.53. The topological polar surface area (TPSA) is 81.5 Å². The number of hydrogen-bond donors (Lipinski definition) is 0. The van der Waals surface area contributed by atoms with Crippen LogP contribution in [-0.2, 0) is 17.8 Å². The van der Waals surface area contributed by atoms with E-state index < -0.39 is 0 Å². The molecule has 0 aliphatic carbocycles. The highest BCUT2D eigenvalue weighted by Crippen LogP contribution is 2.35. The smallest absolute Gasteiger partial charge is 0.254 e. The molecule has 2 aromatic heterocycles. The van der Waals surface area contributed by atoms with Crippen molar-refractivity contribution in [3.8, 4) is 17.2 Å². The third-order valence-corrected chi connectivity index (χ3v) is 8.53. The largest absolute Gasteiger partial charge is 0.491 e. The fourth-order valence-corrected chi connectivity index (χ4v) is 6.18. The molecule has 0 saturated heterocycles. The molecule has 0 unspecified atom stereocenters. The van der Waals surface area contributed by atoms with E-state index in [2.05, 4.69) is 37.4 Å². The first-order valence-corrected chi connectivity index (χ1v) is 14.6. The highest BCUT2D eigenvalue weighted by Gasteiger charge is 2.34. The van der Waals surface area contributed by atoms with Crippen molar-refractivity contribution < 1.29 is 28.2 Å². The Morgan fingerprint density at radius 3 is 2.68 bits per heavy atom. The van der Waals surface area contributed by atoms with E-state index in [-0.39, 0.29) is 37.7 Å². The fourth-order valence-electron chi connectivity index (χ4n) is 5.26. The zero-order valence-electron chi connectivity index (χ0n) is 23.1. The van der Waals surface area contributed by atoms with Crippen LogP contribution in [-0.4, -0.2) is 48.1 Å². The van der Waals surface area contributed by atoms with Crippen LogP contribution in [0.1, 0.15) is 57.9 Å². The predicted octanol–water partition coefficient (Wildman–Crippen LogP) is 6.04. The molecule has 0 spiro atoms. The Balaban J connectivity index is 1.22. The van der Waals surface area contributed by atoms with Gasteiger partial charge in [0.2, 0.25) is 12.7 Å². The van der Waals surface area contributed by atoms with Crippen LogP contribution in [0, 0.1) is 0 Å². The summed E-state index contributed by atoms with van der Waals surface area (Å²) in [6, 6.07) is 18.6. The lowest BCUT2D eigenvalue weighted by molar-refractivity contribution is -0.135. The van der Waals surface area contributed by atoms with E-state index in [1.165, 1.54) is 15.3 Å². The second-order valence-corrected chi connectivity index (χ2v) is 11.5. The number of benzene rings is 2. The molecule has 0 saturated carbocycles. The van der Waals surface area contributed by atoms with Crippen molar-refractivity contribution in [2.45, 2.75) is 38.8 Å². The van der Waals surface area contributed by atoms with E-state index in [0.29, 0.717) is 41.9 Å². The summed E-state index contributed by atoms with van der Waals surface area (Å²) in [6.07, 6.45) is 2.33. The third kappa shape index (κ3) is 5.81. The SMILES string of the molecule is CC(C)c1ccc(OC[C@H]2c3ccsc3CCN2C(=O)CN(Cc2ccco2)C(=O)c2ccc3c(c2)OCO3)cc1. The van der Waals surface area contributed by atoms with Gasteiger partial charge in [-0.1, -0.05) is 26.0 Å². The average molecular weight is 573 g/mol. The second kappa shape index (κ2) is 11.7. The zero-order valence-corrected chi connectivity index (χ0v) is 23.9. The average Bonchev–Trinajstić information content (AvgIpc) is 3.77. The molecule has 2 aliphatic rings. The van der Waals surface area contributed by atoms with Gasteiger partial charge in [-0.15, -0.1) is 11.3 Å². The van der Waals surface area contributed by atoms with Crippen molar-refractivity contribution >= 4 is 23.2 Å². The van der Waals surface area contributed by atoms with Crippen LogP contribution in [0.4, 0.5) is 0 Å². The van der Waals surface area contributed by atoms with Gasteiger partial charge in [-0.2, -0.15) is 0 Å². The van der Waals surface area contributed by atoms with E-state index in [0.717, 1.165) is 17.7 Å². The summed E-state index contributed by atoms with van der Waals surface area (Å²) in [7, 11) is 0. The van der Waals surface area contributed by atoms with Gasteiger partial charge in [-0.25, -0.2) is 0 Å². The van der Waals surface area contributed by atoms with Gasteiger partial charge in [0.25, 0.3) is 5.91 Å². The molecule has 41 heavy (non-hydrogen) atoms. The fraction of sp³-hybridized carbons (Fsp3) is 0.312. The normalized spacial score (nSPS) is 15.6. The first-order valence-electron chi connectivity index (χ1n) is 13.8. The minimum absolute atomic E-state index is 0.104.